The van der Waals surface area contributed by atoms with Gasteiger partial charge < -0.3 is 66.0 Å². The minimum atomic E-state index is -0.955. The standard InChI is InChI=1S/C25H37N3O3S.C23H35N3O3S.C21H31N3O3S.C20H29N3O4S/c1-2-16-32-23-20(22(29)26-19-9-4-3-5-10-19)11-12-21(27-23)28-15-6-8-18(17-28)25(24(30)31)13-7-14-25;1-2-15-30-23-19(22(29)24-18-8-4-3-5-9-18)11-12-20(25-23)26-14-6-7-17(16-26)10-13-21(27)28;1-2-12-28-21-17(20(27)22-16-6-4-3-5-7-16)8-9-18(23-21)24-11-10-15(14-24)13-19(25)26;1-2-10-28-20-16(19(26)21-14-6-4-3-5-7-14)8-9-17(22-20)23-11-15(12-23)27-13-18(24)25/h11-12,18-19H,2-10,13-17H2,1H3,(H,26,29)(H,30,31);11-12,17-18H,2-10,13-16H2,1H3,(H,24,29)(H,27,28);8-9,15-16H,2-7,10-14H2,1H3,(H,22,27)(H,25,26);8-9,14-15H,2-7,10-13H2,1H3,(H,21,26)(H,24,25)/t;;15-;/m..1./s1. The maximum absolute atomic E-state index is 13.0. The van der Waals surface area contributed by atoms with Crippen LogP contribution in [0.5, 0.6) is 0 Å². The van der Waals surface area contributed by atoms with Crippen LogP contribution < -0.4 is 40.9 Å². The Bertz CT molecular complexity index is 3900. The number of carbonyl (C=O) groups excluding carboxylic acids is 4. The molecule has 4 aliphatic heterocycles. The maximum Gasteiger partial charge on any atom is 0.329 e. The van der Waals surface area contributed by atoms with Crippen LogP contribution in [0.1, 0.15) is 294 Å². The molecule has 13 rings (SSSR count). The number of nitrogens with one attached hydrogen (secondary N) is 4. The molecule has 2 unspecified atom stereocenters. The average molecular weight is 1710 g/mol. The second-order valence-corrected chi connectivity index (χ2v) is 38.0. The highest BCUT2D eigenvalue weighted by Crippen LogP contribution is 2.51. The quantitative estimate of drug-likeness (QED) is 0.0201. The predicted octanol–water partition coefficient (Wildman–Crippen LogP) is 16.7. The normalized spacial score (nSPS) is 20.6. The number of pyridine rings is 4. The first-order chi connectivity index (χ1) is 57.2. The average Bonchev–Trinajstić information content (AvgIpc) is 0.885. The molecule has 5 aliphatic carbocycles. The number of thioether (sulfide) groups is 4. The largest absolute Gasteiger partial charge is 0.481 e. The van der Waals surface area contributed by atoms with Gasteiger partial charge in [-0.05, 0) is 218 Å². The van der Waals surface area contributed by atoms with Crippen LogP contribution in [0, 0.1) is 23.2 Å². The molecule has 9 aliphatic rings. The molecule has 650 valence electrons. The summed E-state index contributed by atoms with van der Waals surface area (Å²) in [5.41, 5.74) is 2.12. The van der Waals surface area contributed by atoms with Gasteiger partial charge in [0, 0.05) is 89.4 Å². The molecule has 8 heterocycles. The van der Waals surface area contributed by atoms with Gasteiger partial charge in [0.2, 0.25) is 0 Å². The Morgan fingerprint density at radius 1 is 0.390 bits per heavy atom. The van der Waals surface area contributed by atoms with Gasteiger partial charge in [0.15, 0.2) is 0 Å². The van der Waals surface area contributed by atoms with E-state index in [0.29, 0.717) is 54.2 Å². The van der Waals surface area contributed by atoms with E-state index >= 15 is 0 Å². The Kier molecular flexibility index (Phi) is 38.3. The number of aliphatic carboxylic acids is 4. The Morgan fingerprint density at radius 2 is 0.746 bits per heavy atom. The lowest BCUT2D eigenvalue weighted by atomic mass is 9.59. The summed E-state index contributed by atoms with van der Waals surface area (Å²) >= 11 is 6.54. The number of ether oxygens (including phenoxy) is 1. The first-order valence-corrected chi connectivity index (χ1v) is 48.5. The van der Waals surface area contributed by atoms with E-state index in [4.69, 9.17) is 40.0 Å². The van der Waals surface area contributed by atoms with Gasteiger partial charge in [-0.25, -0.2) is 24.7 Å². The van der Waals surface area contributed by atoms with Crippen molar-refractivity contribution >= 4 is 118 Å². The van der Waals surface area contributed by atoms with Gasteiger partial charge in [-0.1, -0.05) is 111 Å². The summed E-state index contributed by atoms with van der Waals surface area (Å²) in [5, 5.41) is 52.6. The summed E-state index contributed by atoms with van der Waals surface area (Å²) in [5.74, 6) is 4.73. The van der Waals surface area contributed by atoms with Gasteiger partial charge in [0.1, 0.15) is 50.0 Å². The highest BCUT2D eigenvalue weighted by Gasteiger charge is 2.51. The Morgan fingerprint density at radius 3 is 1.08 bits per heavy atom. The number of rotatable bonds is 34. The molecule has 5 saturated carbocycles. The first-order valence-electron chi connectivity index (χ1n) is 44.5. The highest BCUT2D eigenvalue weighted by molar-refractivity contribution is 8.00. The van der Waals surface area contributed by atoms with Crippen LogP contribution in [0.25, 0.3) is 0 Å². The van der Waals surface area contributed by atoms with Crippen molar-refractivity contribution in [2.24, 2.45) is 23.2 Å². The zero-order chi connectivity index (χ0) is 83.8. The van der Waals surface area contributed by atoms with Gasteiger partial charge >= 0.3 is 23.9 Å². The third-order valence-corrected chi connectivity index (χ3v) is 29.2. The van der Waals surface area contributed by atoms with Crippen LogP contribution in [0.2, 0.25) is 0 Å². The SMILES string of the molecule is CCCSc1nc(N2CC(OCC(=O)O)C2)ccc1C(=O)NC1CCCCC1.CCCSc1nc(N2CCCC(C3(C(=O)O)CCC3)C2)ccc1C(=O)NC1CCCCC1.CCCSc1nc(N2CCCC(CCC(=O)O)C2)ccc1C(=O)NC1CCCCC1.CCCSc1nc(N2CC[C@H](CC(=O)O)C2)ccc1C(=O)NC1CCCCC1. The Hall–Kier alpha value is -7.08. The summed E-state index contributed by atoms with van der Waals surface area (Å²) in [4.78, 5) is 124. The number of amides is 4. The minimum Gasteiger partial charge on any atom is -0.481 e. The molecule has 4 aromatic rings. The zero-order valence-electron chi connectivity index (χ0n) is 70.4. The predicted molar refractivity (Wildman–Crippen MR) is 471 cm³/mol. The van der Waals surface area contributed by atoms with Gasteiger partial charge in [-0.15, -0.1) is 47.0 Å². The molecule has 4 amide bonds. The van der Waals surface area contributed by atoms with E-state index in [2.05, 4.69) is 63.7 Å². The Labute approximate surface area is 716 Å². The number of carboxylic acid groups (broad SMARTS) is 4. The highest BCUT2D eigenvalue weighted by atomic mass is 32.2. The van der Waals surface area contributed by atoms with Crippen molar-refractivity contribution in [3.63, 3.8) is 0 Å². The van der Waals surface area contributed by atoms with Crippen LogP contribution in [0.15, 0.2) is 68.6 Å². The fourth-order valence-corrected chi connectivity index (χ4v) is 21.1. The van der Waals surface area contributed by atoms with Gasteiger partial charge in [-0.2, -0.15) is 0 Å². The van der Waals surface area contributed by atoms with Gasteiger partial charge in [0.25, 0.3) is 23.6 Å². The van der Waals surface area contributed by atoms with Crippen molar-refractivity contribution in [3.05, 3.63) is 70.8 Å². The molecule has 0 aromatic carbocycles. The van der Waals surface area contributed by atoms with E-state index in [-0.39, 0.29) is 85.2 Å². The Balaban J connectivity index is 0.000000166. The van der Waals surface area contributed by atoms with E-state index in [0.717, 1.165) is 228 Å². The lowest BCUT2D eigenvalue weighted by Gasteiger charge is -2.48. The first kappa shape index (κ1) is 93.2. The molecule has 9 fully saturated rings. The summed E-state index contributed by atoms with van der Waals surface area (Å²) in [6, 6.07) is 16.4. The number of piperidine rings is 2. The molecule has 118 heavy (non-hydrogen) atoms. The molecular formula is C89H132N12O13S4. The number of carboxylic acids is 4. The van der Waals surface area contributed by atoms with E-state index in [1.165, 1.54) is 77.0 Å². The molecule has 8 N–H and O–H groups in total. The van der Waals surface area contributed by atoms with Gasteiger partial charge in [0.05, 0.1) is 33.8 Å². The second kappa shape index (κ2) is 48.5. The number of hydrogen-bond acceptors (Lipinski definition) is 21. The van der Waals surface area contributed by atoms with Crippen LogP contribution in [-0.4, -0.2) is 200 Å². The second-order valence-electron chi connectivity index (χ2n) is 33.6. The maximum atomic E-state index is 13.0. The summed E-state index contributed by atoms with van der Waals surface area (Å²) in [6.45, 7) is 14.4. The fourth-order valence-electron chi connectivity index (χ4n) is 17.6. The van der Waals surface area contributed by atoms with E-state index < -0.39 is 29.3 Å². The molecule has 4 saturated heterocycles. The van der Waals surface area contributed by atoms with E-state index in [1.807, 2.05) is 53.4 Å². The molecule has 0 bridgehead atoms. The third kappa shape index (κ3) is 28.2. The topological polar surface area (TPSA) is 339 Å². The smallest absolute Gasteiger partial charge is 0.329 e. The molecule has 29 heteroatoms. The molecular weight excluding hydrogens is 1570 g/mol. The third-order valence-electron chi connectivity index (χ3n) is 24.4. The molecule has 3 atom stereocenters. The van der Waals surface area contributed by atoms with Gasteiger partial charge in [-0.3, -0.25) is 33.6 Å². The molecule has 25 nitrogen and oxygen atoms in total. The molecule has 4 aromatic heterocycles. The number of carbonyl (C=O) groups is 8. The lowest BCUT2D eigenvalue weighted by molar-refractivity contribution is -0.160. The van der Waals surface area contributed by atoms with Crippen LogP contribution >= 0.6 is 47.0 Å². The molecule has 0 spiro atoms. The summed E-state index contributed by atoms with van der Waals surface area (Å²) < 4.78 is 5.29. The van der Waals surface area contributed by atoms with Crippen molar-refractivity contribution in [1.29, 1.82) is 0 Å². The van der Waals surface area contributed by atoms with Crippen molar-refractivity contribution in [1.82, 2.24) is 41.2 Å². The van der Waals surface area contributed by atoms with Crippen LogP contribution in [0.4, 0.5) is 23.3 Å². The van der Waals surface area contributed by atoms with E-state index in [1.54, 1.807) is 47.0 Å². The van der Waals surface area contributed by atoms with Crippen molar-refractivity contribution in [3.8, 4) is 0 Å². The van der Waals surface area contributed by atoms with Crippen LogP contribution in [0.3, 0.4) is 0 Å². The number of aromatic nitrogens is 4. The molecule has 0 radical (unpaired) electrons. The number of anilines is 4. The zero-order valence-corrected chi connectivity index (χ0v) is 73.6. The minimum absolute atomic E-state index is 0.00229. The van der Waals surface area contributed by atoms with Crippen LogP contribution in [-0.2, 0) is 23.9 Å². The lowest BCUT2D eigenvalue weighted by Crippen LogP contribution is -2.53. The fraction of sp³-hybridized carbons (Fsp3) is 0.685. The summed E-state index contributed by atoms with van der Waals surface area (Å²) in [7, 11) is 0. The van der Waals surface area contributed by atoms with Crippen molar-refractivity contribution in [2.75, 3.05) is 102 Å². The van der Waals surface area contributed by atoms with Crippen molar-refractivity contribution < 1.29 is 63.5 Å². The van der Waals surface area contributed by atoms with E-state index in [9.17, 15) is 43.5 Å². The monoisotopic (exact) mass is 1700 g/mol. The number of nitrogens with zero attached hydrogens (tertiary/aromatic N) is 8. The summed E-state index contributed by atoms with van der Waals surface area (Å²) in [6.07, 6.45) is 35.8. The van der Waals surface area contributed by atoms with Crippen molar-refractivity contribution in [2.45, 2.75) is 303 Å². The number of hydrogen-bond donors (Lipinski definition) is 8.